The zero-order valence-electron chi connectivity index (χ0n) is 19.7. The molecular weight excluding hydrogens is 501 g/mol. The van der Waals surface area contributed by atoms with Crippen LogP contribution in [-0.2, 0) is 29.4 Å². The SMILES string of the molecule is C[C@@H](OC(=O)Cc1c(-c2ccc(C(=O)Cc3ccnc(C#N)c3)cn2)nnn1C)c1cc(F)cnc1Cl. The molecule has 0 unspecified atom stereocenters. The van der Waals surface area contributed by atoms with Gasteiger partial charge in [0.25, 0.3) is 0 Å². The fourth-order valence-electron chi connectivity index (χ4n) is 3.57. The maximum Gasteiger partial charge on any atom is 0.312 e. The number of esters is 1. The van der Waals surface area contributed by atoms with Crippen molar-refractivity contribution in [1.82, 2.24) is 29.9 Å². The first kappa shape index (κ1) is 25.5. The number of halogens is 2. The molecule has 0 aliphatic heterocycles. The Kier molecular flexibility index (Phi) is 7.60. The van der Waals surface area contributed by atoms with E-state index in [1.165, 1.54) is 17.1 Å². The van der Waals surface area contributed by atoms with Crippen LogP contribution in [0.25, 0.3) is 11.4 Å². The molecule has 0 aliphatic carbocycles. The molecule has 4 aromatic heterocycles. The first-order valence-corrected chi connectivity index (χ1v) is 11.4. The van der Waals surface area contributed by atoms with Gasteiger partial charge in [-0.25, -0.2) is 14.4 Å². The highest BCUT2D eigenvalue weighted by molar-refractivity contribution is 6.30. The van der Waals surface area contributed by atoms with Crippen LogP contribution in [0.4, 0.5) is 4.39 Å². The summed E-state index contributed by atoms with van der Waals surface area (Å²) in [5, 5.41) is 17.1. The highest BCUT2D eigenvalue weighted by Crippen LogP contribution is 2.26. The Balaban J connectivity index is 1.46. The number of hydrogen-bond acceptors (Lipinski definition) is 9. The number of carbonyl (C=O) groups excluding carboxylic acids is 2. The Hall–Kier alpha value is -4.56. The third-order valence-electron chi connectivity index (χ3n) is 5.47. The summed E-state index contributed by atoms with van der Waals surface area (Å²) in [5.41, 5.74) is 2.72. The van der Waals surface area contributed by atoms with Crippen LogP contribution in [0.15, 0.2) is 48.9 Å². The van der Waals surface area contributed by atoms with Crippen LogP contribution >= 0.6 is 11.6 Å². The molecule has 186 valence electrons. The van der Waals surface area contributed by atoms with Crippen molar-refractivity contribution in [2.45, 2.75) is 25.9 Å². The molecule has 0 fully saturated rings. The van der Waals surface area contributed by atoms with Gasteiger partial charge in [-0.1, -0.05) is 16.8 Å². The molecule has 4 aromatic rings. The third-order valence-corrected chi connectivity index (χ3v) is 5.78. The Bertz CT molecular complexity index is 1520. The Labute approximate surface area is 215 Å². The van der Waals surface area contributed by atoms with Crippen LogP contribution in [0.5, 0.6) is 0 Å². The van der Waals surface area contributed by atoms with E-state index in [0.717, 1.165) is 12.3 Å². The number of carbonyl (C=O) groups is 2. The average molecular weight is 520 g/mol. The van der Waals surface area contributed by atoms with Gasteiger partial charge in [-0.3, -0.25) is 19.3 Å². The van der Waals surface area contributed by atoms with Crippen molar-refractivity contribution in [1.29, 1.82) is 5.26 Å². The summed E-state index contributed by atoms with van der Waals surface area (Å²) in [6.07, 6.45) is 2.94. The second-order valence-corrected chi connectivity index (χ2v) is 8.40. The minimum absolute atomic E-state index is 0.0397. The lowest BCUT2D eigenvalue weighted by Gasteiger charge is -2.15. The number of ether oxygens (including phenoxy) is 1. The lowest BCUT2D eigenvalue weighted by Crippen LogP contribution is -2.15. The van der Waals surface area contributed by atoms with E-state index < -0.39 is 17.9 Å². The number of rotatable bonds is 8. The number of aromatic nitrogens is 6. The van der Waals surface area contributed by atoms with Crippen molar-refractivity contribution in [3.63, 3.8) is 0 Å². The molecule has 0 N–H and O–H groups in total. The van der Waals surface area contributed by atoms with Crippen LogP contribution in [0.1, 0.15) is 45.9 Å². The first-order chi connectivity index (χ1) is 17.7. The van der Waals surface area contributed by atoms with Gasteiger partial charge in [0.05, 0.1) is 24.0 Å². The van der Waals surface area contributed by atoms with Crippen molar-refractivity contribution in [3.8, 4) is 17.5 Å². The molecule has 12 heteroatoms. The molecule has 10 nitrogen and oxygen atoms in total. The lowest BCUT2D eigenvalue weighted by molar-refractivity contribution is -0.147. The second-order valence-electron chi connectivity index (χ2n) is 8.04. The number of nitrogens with zero attached hydrogens (tertiary/aromatic N) is 7. The molecule has 1 atom stereocenters. The molecule has 0 saturated carbocycles. The van der Waals surface area contributed by atoms with Gasteiger partial charge >= 0.3 is 5.97 Å². The number of ketones is 1. The third kappa shape index (κ3) is 5.99. The molecule has 4 heterocycles. The maximum absolute atomic E-state index is 13.5. The fourth-order valence-corrected chi connectivity index (χ4v) is 3.83. The quantitative estimate of drug-likeness (QED) is 0.194. The van der Waals surface area contributed by atoms with Crippen molar-refractivity contribution in [3.05, 3.63) is 88.0 Å². The van der Waals surface area contributed by atoms with Crippen LogP contribution in [0.2, 0.25) is 5.15 Å². The summed E-state index contributed by atoms with van der Waals surface area (Å²) in [5.74, 6) is -1.39. The number of aryl methyl sites for hydroxylation is 1. The molecule has 0 saturated heterocycles. The average Bonchev–Trinajstić information content (AvgIpc) is 3.25. The Morgan fingerprint density at radius 2 is 1.97 bits per heavy atom. The molecular formula is C25H19ClFN7O3. The molecule has 0 spiro atoms. The topological polar surface area (TPSA) is 137 Å². The van der Waals surface area contributed by atoms with Gasteiger partial charge in [0.15, 0.2) is 5.78 Å². The van der Waals surface area contributed by atoms with Gasteiger partial charge in [-0.2, -0.15) is 5.26 Å². The van der Waals surface area contributed by atoms with E-state index >= 15 is 0 Å². The zero-order chi connectivity index (χ0) is 26.5. The molecule has 0 radical (unpaired) electrons. The monoisotopic (exact) mass is 519 g/mol. The van der Waals surface area contributed by atoms with E-state index in [-0.39, 0.29) is 35.0 Å². The molecule has 0 aliphatic rings. The Morgan fingerprint density at radius 3 is 2.70 bits per heavy atom. The standard InChI is InChI=1S/C25H19ClFN7O3/c1-14(19-9-17(27)13-31-25(19)26)37-23(36)10-21-24(32-33-34(21)2)20-4-3-16(12-30-20)22(35)8-15-5-6-29-18(7-15)11-28/h3-7,9,12-14H,8,10H2,1-2H3/t14-/m1/s1. The van der Waals surface area contributed by atoms with Gasteiger partial charge in [-0.05, 0) is 42.8 Å². The van der Waals surface area contributed by atoms with Crippen LogP contribution in [0, 0.1) is 17.1 Å². The van der Waals surface area contributed by atoms with Gasteiger partial charge in [0, 0.05) is 37.0 Å². The normalized spacial score (nSPS) is 11.5. The maximum atomic E-state index is 13.5. The number of Topliss-reactive ketones (excluding diaryl/α,β-unsaturated/α-hetero) is 1. The highest BCUT2D eigenvalue weighted by Gasteiger charge is 2.22. The zero-order valence-corrected chi connectivity index (χ0v) is 20.5. The largest absolute Gasteiger partial charge is 0.457 e. The fraction of sp³-hybridized carbons (Fsp3) is 0.200. The summed E-state index contributed by atoms with van der Waals surface area (Å²) in [7, 11) is 1.62. The number of pyridine rings is 3. The van der Waals surface area contributed by atoms with E-state index in [4.69, 9.17) is 21.6 Å². The molecule has 0 aromatic carbocycles. The smallest absolute Gasteiger partial charge is 0.312 e. The van der Waals surface area contributed by atoms with E-state index in [0.29, 0.717) is 28.2 Å². The van der Waals surface area contributed by atoms with Crippen LogP contribution in [0.3, 0.4) is 0 Å². The summed E-state index contributed by atoms with van der Waals surface area (Å²) < 4.78 is 20.4. The van der Waals surface area contributed by atoms with E-state index in [9.17, 15) is 14.0 Å². The van der Waals surface area contributed by atoms with Gasteiger partial charge in [0.2, 0.25) is 0 Å². The summed E-state index contributed by atoms with van der Waals surface area (Å²) in [6, 6.07) is 9.55. The van der Waals surface area contributed by atoms with Crippen molar-refractivity contribution in [2.24, 2.45) is 7.05 Å². The van der Waals surface area contributed by atoms with Crippen molar-refractivity contribution in [2.75, 3.05) is 0 Å². The van der Waals surface area contributed by atoms with E-state index in [1.54, 1.807) is 38.2 Å². The number of nitriles is 1. The van der Waals surface area contributed by atoms with Crippen LogP contribution < -0.4 is 0 Å². The predicted molar refractivity (Wildman–Crippen MR) is 129 cm³/mol. The van der Waals surface area contributed by atoms with Crippen molar-refractivity contribution >= 4 is 23.4 Å². The molecule has 0 amide bonds. The number of hydrogen-bond donors (Lipinski definition) is 0. The first-order valence-electron chi connectivity index (χ1n) is 11.0. The van der Waals surface area contributed by atoms with Gasteiger partial charge in [-0.15, -0.1) is 5.10 Å². The second kappa shape index (κ2) is 11.0. The van der Waals surface area contributed by atoms with Gasteiger partial charge in [0.1, 0.15) is 34.5 Å². The summed E-state index contributed by atoms with van der Waals surface area (Å²) in [6.45, 7) is 1.56. The predicted octanol–water partition coefficient (Wildman–Crippen LogP) is 3.60. The minimum atomic E-state index is -0.833. The van der Waals surface area contributed by atoms with Gasteiger partial charge < -0.3 is 4.74 Å². The van der Waals surface area contributed by atoms with E-state index in [1.807, 2.05) is 6.07 Å². The molecule has 0 bridgehead atoms. The van der Waals surface area contributed by atoms with Crippen molar-refractivity contribution < 1.29 is 18.7 Å². The Morgan fingerprint density at radius 1 is 1.16 bits per heavy atom. The van der Waals surface area contributed by atoms with E-state index in [2.05, 4.69) is 25.3 Å². The molecule has 37 heavy (non-hydrogen) atoms. The lowest BCUT2D eigenvalue weighted by atomic mass is 10.0. The molecule has 4 rings (SSSR count). The van der Waals surface area contributed by atoms with Crippen LogP contribution in [-0.4, -0.2) is 41.7 Å². The summed E-state index contributed by atoms with van der Waals surface area (Å²) in [4.78, 5) is 37.3. The minimum Gasteiger partial charge on any atom is -0.457 e. The highest BCUT2D eigenvalue weighted by atomic mass is 35.5. The summed E-state index contributed by atoms with van der Waals surface area (Å²) >= 11 is 6.00.